The van der Waals surface area contributed by atoms with Crippen LogP contribution in [0.15, 0.2) is 24.3 Å². The fraction of sp³-hybridized carbons (Fsp3) is 0.562. The molecule has 1 aliphatic rings. The van der Waals surface area contributed by atoms with Gasteiger partial charge in [0.05, 0.1) is 13.2 Å². The number of ether oxygens (including phenoxy) is 1. The van der Waals surface area contributed by atoms with Crippen molar-refractivity contribution < 1.29 is 9.53 Å². The number of hydrogen-bond donors (Lipinski definition) is 1. The summed E-state index contributed by atoms with van der Waals surface area (Å²) in [5.41, 5.74) is 1.09. The van der Waals surface area contributed by atoms with Crippen LogP contribution in [-0.4, -0.2) is 37.6 Å². The van der Waals surface area contributed by atoms with E-state index in [1.165, 1.54) is 0 Å². The normalized spacial score (nSPS) is 18.9. The summed E-state index contributed by atoms with van der Waals surface area (Å²) in [5.74, 6) is 1.11. The second-order valence-electron chi connectivity index (χ2n) is 5.15. The summed E-state index contributed by atoms with van der Waals surface area (Å²) >= 11 is 0. The number of unbranched alkanes of at least 4 members (excludes halogenated alkanes) is 1. The minimum absolute atomic E-state index is 0.0734. The van der Waals surface area contributed by atoms with Crippen molar-refractivity contribution >= 4 is 5.91 Å². The number of rotatable bonds is 5. The van der Waals surface area contributed by atoms with Crippen molar-refractivity contribution in [2.24, 2.45) is 0 Å². The molecule has 1 aromatic carbocycles. The summed E-state index contributed by atoms with van der Waals surface area (Å²) in [5, 5.41) is 3.38. The van der Waals surface area contributed by atoms with Gasteiger partial charge in [-0.05, 0) is 12.5 Å². The Balaban J connectivity index is 2.20. The molecule has 1 unspecified atom stereocenters. The topological polar surface area (TPSA) is 41.6 Å². The fourth-order valence-electron chi connectivity index (χ4n) is 2.69. The van der Waals surface area contributed by atoms with Crippen molar-refractivity contribution in [2.75, 3.05) is 26.7 Å². The molecule has 1 aromatic rings. The number of methoxy groups -OCH3 is 1. The van der Waals surface area contributed by atoms with Crippen LogP contribution in [0.25, 0.3) is 0 Å². The van der Waals surface area contributed by atoms with E-state index in [1.54, 1.807) is 7.11 Å². The Kier molecular flexibility index (Phi) is 5.41. The molecule has 1 heterocycles. The molecule has 4 nitrogen and oxygen atoms in total. The van der Waals surface area contributed by atoms with Crippen molar-refractivity contribution in [2.45, 2.75) is 32.2 Å². The number of benzene rings is 1. The lowest BCUT2D eigenvalue weighted by atomic mass is 10.0. The van der Waals surface area contributed by atoms with Crippen LogP contribution in [0.1, 0.15) is 37.8 Å². The molecule has 1 fully saturated rings. The molecule has 20 heavy (non-hydrogen) atoms. The summed E-state index contributed by atoms with van der Waals surface area (Å²) < 4.78 is 5.44. The van der Waals surface area contributed by atoms with E-state index < -0.39 is 0 Å². The Morgan fingerprint density at radius 2 is 2.25 bits per heavy atom. The van der Waals surface area contributed by atoms with Crippen LogP contribution < -0.4 is 10.1 Å². The van der Waals surface area contributed by atoms with E-state index in [1.807, 2.05) is 23.1 Å². The average molecular weight is 276 g/mol. The third kappa shape index (κ3) is 3.31. The van der Waals surface area contributed by atoms with Gasteiger partial charge in [-0.25, -0.2) is 0 Å². The molecule has 2 rings (SSSR count). The van der Waals surface area contributed by atoms with Crippen molar-refractivity contribution in [3.63, 3.8) is 0 Å². The van der Waals surface area contributed by atoms with Crippen molar-refractivity contribution in [3.05, 3.63) is 29.8 Å². The van der Waals surface area contributed by atoms with Crippen LogP contribution in [-0.2, 0) is 4.79 Å². The summed E-state index contributed by atoms with van der Waals surface area (Å²) in [6, 6.07) is 8.04. The fourth-order valence-corrected chi connectivity index (χ4v) is 2.69. The Bertz CT molecular complexity index is 448. The highest BCUT2D eigenvalue weighted by atomic mass is 16.5. The van der Waals surface area contributed by atoms with Gasteiger partial charge in [-0.3, -0.25) is 4.79 Å². The first-order valence-corrected chi connectivity index (χ1v) is 7.41. The van der Waals surface area contributed by atoms with E-state index in [0.29, 0.717) is 6.42 Å². The lowest BCUT2D eigenvalue weighted by Gasteiger charge is -2.37. The van der Waals surface area contributed by atoms with Crippen LogP contribution in [0.4, 0.5) is 0 Å². The second-order valence-corrected chi connectivity index (χ2v) is 5.15. The van der Waals surface area contributed by atoms with Gasteiger partial charge < -0.3 is 15.0 Å². The van der Waals surface area contributed by atoms with Crippen LogP contribution in [0.2, 0.25) is 0 Å². The smallest absolute Gasteiger partial charge is 0.223 e. The van der Waals surface area contributed by atoms with E-state index in [-0.39, 0.29) is 11.9 Å². The Morgan fingerprint density at radius 3 is 3.00 bits per heavy atom. The molecular formula is C16H24N2O2. The number of piperazine rings is 1. The predicted molar refractivity (Wildman–Crippen MR) is 79.8 cm³/mol. The van der Waals surface area contributed by atoms with Gasteiger partial charge in [-0.2, -0.15) is 0 Å². The van der Waals surface area contributed by atoms with Gasteiger partial charge in [0, 0.05) is 31.6 Å². The summed E-state index contributed by atoms with van der Waals surface area (Å²) in [4.78, 5) is 14.4. The number of nitrogens with zero attached hydrogens (tertiary/aromatic N) is 1. The number of hydrogen-bond acceptors (Lipinski definition) is 3. The van der Waals surface area contributed by atoms with E-state index in [2.05, 4.69) is 18.3 Å². The highest BCUT2D eigenvalue weighted by molar-refractivity contribution is 5.77. The molecule has 1 atom stereocenters. The number of amides is 1. The minimum Gasteiger partial charge on any atom is -0.496 e. The Labute approximate surface area is 121 Å². The molecule has 1 aliphatic heterocycles. The molecule has 0 aliphatic carbocycles. The molecule has 0 radical (unpaired) electrons. The van der Waals surface area contributed by atoms with E-state index in [4.69, 9.17) is 4.74 Å². The molecule has 1 amide bonds. The van der Waals surface area contributed by atoms with Crippen LogP contribution in [0, 0.1) is 0 Å². The van der Waals surface area contributed by atoms with Crippen LogP contribution >= 0.6 is 0 Å². The third-order valence-electron chi connectivity index (χ3n) is 3.81. The maximum Gasteiger partial charge on any atom is 0.223 e. The molecule has 1 saturated heterocycles. The zero-order chi connectivity index (χ0) is 14.4. The van der Waals surface area contributed by atoms with E-state index in [9.17, 15) is 4.79 Å². The molecule has 110 valence electrons. The van der Waals surface area contributed by atoms with Crippen molar-refractivity contribution in [3.8, 4) is 5.75 Å². The number of nitrogens with one attached hydrogen (secondary N) is 1. The third-order valence-corrected chi connectivity index (χ3v) is 3.81. The quantitative estimate of drug-likeness (QED) is 0.897. The maximum absolute atomic E-state index is 12.4. The van der Waals surface area contributed by atoms with Crippen LogP contribution in [0.3, 0.4) is 0 Å². The molecule has 0 spiro atoms. The molecule has 0 aromatic heterocycles. The first-order valence-electron chi connectivity index (χ1n) is 7.41. The highest BCUT2D eigenvalue weighted by Gasteiger charge is 2.29. The molecule has 0 saturated carbocycles. The highest BCUT2D eigenvalue weighted by Crippen LogP contribution is 2.30. The molecule has 4 heteroatoms. The minimum atomic E-state index is 0.0734. The Morgan fingerprint density at radius 1 is 1.45 bits per heavy atom. The van der Waals surface area contributed by atoms with Gasteiger partial charge in [0.2, 0.25) is 5.91 Å². The number of carbonyl (C=O) groups excluding carboxylic acids is 1. The maximum atomic E-state index is 12.4. The number of para-hydroxylation sites is 1. The first kappa shape index (κ1) is 14.9. The average Bonchev–Trinajstić information content (AvgIpc) is 2.52. The molecular weight excluding hydrogens is 252 g/mol. The SMILES string of the molecule is CCCCC(=O)N1CCNCC1c1ccccc1OC. The van der Waals surface area contributed by atoms with Gasteiger partial charge in [0.1, 0.15) is 5.75 Å². The summed E-state index contributed by atoms with van der Waals surface area (Å²) in [7, 11) is 1.68. The first-order chi connectivity index (χ1) is 9.77. The van der Waals surface area contributed by atoms with Crippen LogP contribution in [0.5, 0.6) is 5.75 Å². The van der Waals surface area contributed by atoms with Gasteiger partial charge in [0.25, 0.3) is 0 Å². The van der Waals surface area contributed by atoms with Gasteiger partial charge in [-0.15, -0.1) is 0 Å². The van der Waals surface area contributed by atoms with Gasteiger partial charge in [0.15, 0.2) is 0 Å². The lowest BCUT2D eigenvalue weighted by Crippen LogP contribution is -2.48. The second kappa shape index (κ2) is 7.29. The summed E-state index contributed by atoms with van der Waals surface area (Å²) in [6.07, 6.45) is 2.65. The Hall–Kier alpha value is -1.55. The zero-order valence-corrected chi connectivity index (χ0v) is 12.4. The van der Waals surface area contributed by atoms with Gasteiger partial charge in [-0.1, -0.05) is 31.5 Å². The monoisotopic (exact) mass is 276 g/mol. The summed E-state index contributed by atoms with van der Waals surface area (Å²) in [6.45, 7) is 4.54. The predicted octanol–water partition coefficient (Wildman–Crippen LogP) is 2.36. The van der Waals surface area contributed by atoms with E-state index in [0.717, 1.165) is 43.8 Å². The van der Waals surface area contributed by atoms with Crippen molar-refractivity contribution in [1.29, 1.82) is 0 Å². The largest absolute Gasteiger partial charge is 0.496 e. The van der Waals surface area contributed by atoms with Crippen molar-refractivity contribution in [1.82, 2.24) is 10.2 Å². The molecule has 0 bridgehead atoms. The number of carbonyl (C=O) groups is 1. The lowest BCUT2D eigenvalue weighted by molar-refractivity contribution is -0.134. The van der Waals surface area contributed by atoms with Gasteiger partial charge >= 0.3 is 0 Å². The zero-order valence-electron chi connectivity index (χ0n) is 12.4. The standard InChI is InChI=1S/C16H24N2O2/c1-3-4-9-16(19)18-11-10-17-12-14(18)13-7-5-6-8-15(13)20-2/h5-8,14,17H,3-4,9-12H2,1-2H3. The van der Waals surface area contributed by atoms with E-state index >= 15 is 0 Å². The molecule has 1 N–H and O–H groups in total.